The smallest absolute Gasteiger partial charge is 0.311 e. The second-order valence-electron chi connectivity index (χ2n) is 5.11. The number of aromatic nitrogens is 2. The van der Waals surface area contributed by atoms with Crippen molar-refractivity contribution in [3.05, 3.63) is 52.5 Å². The van der Waals surface area contributed by atoms with Gasteiger partial charge in [-0.1, -0.05) is 18.2 Å². The van der Waals surface area contributed by atoms with E-state index in [9.17, 15) is 9.59 Å². The van der Waals surface area contributed by atoms with Gasteiger partial charge >= 0.3 is 5.97 Å². The Morgan fingerprint density at radius 3 is 2.62 bits per heavy atom. The third-order valence-corrected chi connectivity index (χ3v) is 4.73. The molecule has 7 nitrogen and oxygen atoms in total. The van der Waals surface area contributed by atoms with Gasteiger partial charge in [0.15, 0.2) is 10.3 Å². The number of esters is 1. The standard InChI is InChI=1S/C17H16N4O3S2/c1-2-24-14(22)8-12-9-25-17(19-12)21-15(23)13-10-26-16(20-13)18-11-6-4-3-5-7-11/h3-7,9-10H,2,8H2,1H3,(H,18,20)(H,19,21,23). The average Bonchev–Trinajstić information content (AvgIpc) is 3.26. The number of rotatable bonds is 7. The van der Waals surface area contributed by atoms with Crippen LogP contribution in [0.1, 0.15) is 23.1 Å². The molecule has 0 aliphatic rings. The maximum atomic E-state index is 12.3. The molecular formula is C17H16N4O3S2. The number of anilines is 3. The molecule has 0 bridgehead atoms. The lowest BCUT2D eigenvalue weighted by atomic mass is 10.3. The lowest BCUT2D eigenvalue weighted by Crippen LogP contribution is -2.12. The number of hydrogen-bond donors (Lipinski definition) is 2. The molecule has 0 spiro atoms. The molecule has 0 atom stereocenters. The molecule has 0 saturated carbocycles. The van der Waals surface area contributed by atoms with Crippen molar-refractivity contribution in [3.63, 3.8) is 0 Å². The molecule has 0 unspecified atom stereocenters. The summed E-state index contributed by atoms with van der Waals surface area (Å²) in [7, 11) is 0. The average molecular weight is 388 g/mol. The summed E-state index contributed by atoms with van der Waals surface area (Å²) in [5, 5.41) is 10.3. The molecule has 3 rings (SSSR count). The maximum Gasteiger partial charge on any atom is 0.311 e. The topological polar surface area (TPSA) is 93.2 Å². The van der Waals surface area contributed by atoms with Gasteiger partial charge in [0.1, 0.15) is 5.69 Å². The van der Waals surface area contributed by atoms with E-state index in [0.29, 0.717) is 28.3 Å². The molecule has 2 aromatic heterocycles. The van der Waals surface area contributed by atoms with Crippen LogP contribution in [0.15, 0.2) is 41.1 Å². The van der Waals surface area contributed by atoms with E-state index in [-0.39, 0.29) is 18.3 Å². The number of nitrogens with zero attached hydrogens (tertiary/aromatic N) is 2. The molecule has 0 saturated heterocycles. The number of para-hydroxylation sites is 1. The van der Waals surface area contributed by atoms with Gasteiger partial charge in [-0.25, -0.2) is 9.97 Å². The van der Waals surface area contributed by atoms with Gasteiger partial charge in [-0.3, -0.25) is 14.9 Å². The Morgan fingerprint density at radius 1 is 1.08 bits per heavy atom. The molecule has 26 heavy (non-hydrogen) atoms. The molecule has 2 N–H and O–H groups in total. The Kier molecular flexibility index (Phi) is 5.92. The van der Waals surface area contributed by atoms with Gasteiger partial charge in [0.2, 0.25) is 0 Å². The Bertz CT molecular complexity index is 892. The van der Waals surface area contributed by atoms with Crippen molar-refractivity contribution >= 4 is 50.5 Å². The van der Waals surface area contributed by atoms with Crippen LogP contribution in [0.25, 0.3) is 0 Å². The fourth-order valence-electron chi connectivity index (χ4n) is 2.05. The summed E-state index contributed by atoms with van der Waals surface area (Å²) in [6, 6.07) is 9.60. The molecule has 3 aromatic rings. The van der Waals surface area contributed by atoms with Crippen LogP contribution in [0.3, 0.4) is 0 Å². The minimum absolute atomic E-state index is 0.0854. The van der Waals surface area contributed by atoms with Crippen molar-refractivity contribution in [2.75, 3.05) is 17.2 Å². The van der Waals surface area contributed by atoms with E-state index < -0.39 is 0 Å². The van der Waals surface area contributed by atoms with Gasteiger partial charge in [-0.15, -0.1) is 22.7 Å². The largest absolute Gasteiger partial charge is 0.466 e. The fraction of sp³-hybridized carbons (Fsp3) is 0.176. The second-order valence-corrected chi connectivity index (χ2v) is 6.83. The number of thiazole rings is 2. The summed E-state index contributed by atoms with van der Waals surface area (Å²) in [4.78, 5) is 32.2. The molecular weight excluding hydrogens is 372 g/mol. The second kappa shape index (κ2) is 8.54. The van der Waals surface area contributed by atoms with Crippen molar-refractivity contribution < 1.29 is 14.3 Å². The molecule has 9 heteroatoms. The number of carbonyl (C=O) groups is 2. The number of benzene rings is 1. The zero-order valence-electron chi connectivity index (χ0n) is 13.9. The summed E-state index contributed by atoms with van der Waals surface area (Å²) in [6.45, 7) is 2.08. The van der Waals surface area contributed by atoms with Gasteiger partial charge < -0.3 is 10.1 Å². The van der Waals surface area contributed by atoms with Gasteiger partial charge in [-0.2, -0.15) is 0 Å². The minimum Gasteiger partial charge on any atom is -0.466 e. The van der Waals surface area contributed by atoms with Crippen LogP contribution >= 0.6 is 22.7 Å². The van der Waals surface area contributed by atoms with Crippen LogP contribution in [0.4, 0.5) is 16.0 Å². The first-order valence-electron chi connectivity index (χ1n) is 7.83. The van der Waals surface area contributed by atoms with Gasteiger partial charge in [0, 0.05) is 16.4 Å². The first-order valence-corrected chi connectivity index (χ1v) is 9.59. The highest BCUT2D eigenvalue weighted by Gasteiger charge is 2.14. The molecule has 1 aromatic carbocycles. The first kappa shape index (κ1) is 18.0. The molecule has 0 fully saturated rings. The van der Waals surface area contributed by atoms with Crippen LogP contribution in [0.2, 0.25) is 0 Å². The van der Waals surface area contributed by atoms with Crippen LogP contribution in [-0.4, -0.2) is 28.5 Å². The summed E-state index contributed by atoms with van der Waals surface area (Å²) < 4.78 is 4.88. The number of ether oxygens (including phenoxy) is 1. The predicted octanol–water partition coefficient (Wildman–Crippen LogP) is 3.70. The molecule has 134 valence electrons. The highest BCUT2D eigenvalue weighted by atomic mass is 32.1. The molecule has 0 aliphatic carbocycles. The summed E-state index contributed by atoms with van der Waals surface area (Å²) in [6.07, 6.45) is 0.0854. The van der Waals surface area contributed by atoms with Crippen LogP contribution in [0.5, 0.6) is 0 Å². The maximum absolute atomic E-state index is 12.3. The number of nitrogens with one attached hydrogen (secondary N) is 2. The first-order chi connectivity index (χ1) is 12.6. The van der Waals surface area contributed by atoms with Crippen LogP contribution in [-0.2, 0) is 16.0 Å². The Labute approximate surface area is 158 Å². The zero-order valence-corrected chi connectivity index (χ0v) is 15.5. The Balaban J connectivity index is 1.58. The van der Waals surface area contributed by atoms with Gasteiger partial charge in [0.25, 0.3) is 5.91 Å². The Hall–Kier alpha value is -2.78. The summed E-state index contributed by atoms with van der Waals surface area (Å²) in [5.41, 5.74) is 1.77. The van der Waals surface area contributed by atoms with E-state index in [1.54, 1.807) is 17.7 Å². The van der Waals surface area contributed by atoms with Crippen LogP contribution < -0.4 is 10.6 Å². The number of hydrogen-bond acceptors (Lipinski definition) is 8. The minimum atomic E-state index is -0.348. The van der Waals surface area contributed by atoms with E-state index in [0.717, 1.165) is 5.69 Å². The fourth-order valence-corrected chi connectivity index (χ4v) is 3.46. The summed E-state index contributed by atoms with van der Waals surface area (Å²) >= 11 is 2.59. The van der Waals surface area contributed by atoms with Crippen molar-refractivity contribution in [1.29, 1.82) is 0 Å². The molecule has 2 heterocycles. The number of amides is 1. The van der Waals surface area contributed by atoms with Gasteiger partial charge in [-0.05, 0) is 19.1 Å². The number of carbonyl (C=O) groups excluding carboxylic acids is 2. The van der Waals surface area contributed by atoms with E-state index in [1.807, 2.05) is 30.3 Å². The van der Waals surface area contributed by atoms with Crippen molar-refractivity contribution in [1.82, 2.24) is 9.97 Å². The van der Waals surface area contributed by atoms with E-state index in [1.165, 1.54) is 22.7 Å². The highest BCUT2D eigenvalue weighted by molar-refractivity contribution is 7.14. The van der Waals surface area contributed by atoms with E-state index >= 15 is 0 Å². The lowest BCUT2D eigenvalue weighted by Gasteiger charge is -2.01. The lowest BCUT2D eigenvalue weighted by molar-refractivity contribution is -0.142. The van der Waals surface area contributed by atoms with Gasteiger partial charge in [0.05, 0.1) is 18.7 Å². The molecule has 0 radical (unpaired) electrons. The van der Waals surface area contributed by atoms with Crippen molar-refractivity contribution in [2.24, 2.45) is 0 Å². The van der Waals surface area contributed by atoms with Crippen LogP contribution in [0, 0.1) is 0 Å². The Morgan fingerprint density at radius 2 is 1.85 bits per heavy atom. The molecule has 1 amide bonds. The zero-order chi connectivity index (χ0) is 18.4. The predicted molar refractivity (Wildman–Crippen MR) is 102 cm³/mol. The third kappa shape index (κ3) is 4.87. The third-order valence-electron chi connectivity index (χ3n) is 3.16. The monoisotopic (exact) mass is 388 g/mol. The van der Waals surface area contributed by atoms with Crippen molar-refractivity contribution in [3.8, 4) is 0 Å². The van der Waals surface area contributed by atoms with E-state index in [2.05, 4.69) is 20.6 Å². The highest BCUT2D eigenvalue weighted by Crippen LogP contribution is 2.22. The van der Waals surface area contributed by atoms with Crippen molar-refractivity contribution in [2.45, 2.75) is 13.3 Å². The summed E-state index contributed by atoms with van der Waals surface area (Å²) in [5.74, 6) is -0.689. The molecule has 0 aliphatic heterocycles. The normalized spacial score (nSPS) is 10.3. The quantitative estimate of drug-likeness (QED) is 0.600. The SMILES string of the molecule is CCOC(=O)Cc1csc(NC(=O)c2csc(Nc3ccccc3)n2)n1. The van der Waals surface area contributed by atoms with E-state index in [4.69, 9.17) is 4.74 Å².